The Kier molecular flexibility index (Phi) is 8.39. The van der Waals surface area contributed by atoms with Gasteiger partial charge in [0.2, 0.25) is 0 Å². The van der Waals surface area contributed by atoms with Crippen molar-refractivity contribution >= 4 is 40.7 Å². The molecule has 154 valence electrons. The molecule has 0 atom stereocenters. The molecule has 0 saturated heterocycles. The second-order valence-corrected chi connectivity index (χ2v) is 6.81. The average molecular weight is 417 g/mol. The first kappa shape index (κ1) is 22.1. The van der Waals surface area contributed by atoms with Gasteiger partial charge in [0.25, 0.3) is 11.5 Å². The van der Waals surface area contributed by atoms with Crippen LogP contribution in [0.4, 0.5) is 11.6 Å². The van der Waals surface area contributed by atoms with Crippen LogP contribution in [0.15, 0.2) is 23.0 Å². The lowest BCUT2D eigenvalue weighted by Gasteiger charge is -2.06. The number of rotatable bonds is 9. The second kappa shape index (κ2) is 11.0. The Morgan fingerprint density at radius 2 is 2.14 bits per heavy atom. The zero-order valence-corrected chi connectivity index (χ0v) is 17.4. The number of aromatic nitrogens is 2. The second-order valence-electron chi connectivity index (χ2n) is 5.78. The molecule has 2 rings (SSSR count). The number of amides is 1. The first-order valence-corrected chi connectivity index (χ1v) is 9.96. The summed E-state index contributed by atoms with van der Waals surface area (Å²) in [6, 6.07) is 7.34. The summed E-state index contributed by atoms with van der Waals surface area (Å²) in [5.41, 5.74) is -0.343. The molecule has 0 bridgehead atoms. The maximum atomic E-state index is 12.7. The summed E-state index contributed by atoms with van der Waals surface area (Å²) in [5.74, 6) is 0.738. The number of hydrogen-bond acceptors (Lipinski definition) is 8. The number of anilines is 2. The third kappa shape index (κ3) is 5.66. The van der Waals surface area contributed by atoms with Crippen molar-refractivity contribution in [1.29, 1.82) is 5.26 Å². The van der Waals surface area contributed by atoms with Crippen molar-refractivity contribution in [3.8, 4) is 6.07 Å². The number of nitrogens with one attached hydrogen (secondary N) is 3. The van der Waals surface area contributed by atoms with E-state index in [9.17, 15) is 14.9 Å². The molecular weight excluding hydrogens is 392 g/mol. The fourth-order valence-corrected chi connectivity index (χ4v) is 3.56. The lowest BCUT2D eigenvalue weighted by molar-refractivity contribution is -0.115. The van der Waals surface area contributed by atoms with Crippen molar-refractivity contribution in [2.45, 2.75) is 20.4 Å². The number of ether oxygens (including phenoxy) is 1. The summed E-state index contributed by atoms with van der Waals surface area (Å²) in [6.45, 7) is 5.48. The third-order valence-electron chi connectivity index (χ3n) is 3.83. The minimum atomic E-state index is -0.491. The van der Waals surface area contributed by atoms with E-state index in [1.807, 2.05) is 18.2 Å². The molecule has 29 heavy (non-hydrogen) atoms. The van der Waals surface area contributed by atoms with Gasteiger partial charge in [0.05, 0.1) is 6.61 Å². The van der Waals surface area contributed by atoms with Crippen LogP contribution in [-0.4, -0.2) is 42.3 Å². The molecule has 0 spiro atoms. The van der Waals surface area contributed by atoms with Gasteiger partial charge < -0.3 is 20.7 Å². The fraction of sp³-hybridized carbons (Fsp3) is 0.368. The van der Waals surface area contributed by atoms with Crippen molar-refractivity contribution in [2.75, 3.05) is 37.4 Å². The van der Waals surface area contributed by atoms with Crippen LogP contribution in [0.5, 0.6) is 0 Å². The molecule has 1 amide bonds. The minimum absolute atomic E-state index is 0.0714. The molecule has 3 N–H and O–H groups in total. The highest BCUT2D eigenvalue weighted by Gasteiger charge is 2.14. The van der Waals surface area contributed by atoms with Crippen LogP contribution in [0.2, 0.25) is 0 Å². The van der Waals surface area contributed by atoms with Crippen molar-refractivity contribution < 1.29 is 9.53 Å². The summed E-state index contributed by atoms with van der Waals surface area (Å²) in [5, 5.41) is 18.2. The zero-order valence-electron chi connectivity index (χ0n) is 16.6. The van der Waals surface area contributed by atoms with Crippen molar-refractivity contribution in [3.05, 3.63) is 37.7 Å². The van der Waals surface area contributed by atoms with Crippen LogP contribution in [0.25, 0.3) is 11.8 Å². The summed E-state index contributed by atoms with van der Waals surface area (Å²) in [6.07, 6.45) is 1.54. The molecule has 10 heteroatoms. The van der Waals surface area contributed by atoms with E-state index in [0.717, 1.165) is 11.3 Å². The van der Waals surface area contributed by atoms with Crippen molar-refractivity contribution in [2.24, 2.45) is 0 Å². The normalized spacial score (nSPS) is 12.3. The van der Waals surface area contributed by atoms with Crippen LogP contribution < -0.4 is 30.7 Å². The largest absolute Gasteiger partial charge is 0.383 e. The van der Waals surface area contributed by atoms with E-state index in [1.54, 1.807) is 27.0 Å². The number of pyridine rings is 1. The van der Waals surface area contributed by atoms with Crippen LogP contribution in [0, 0.1) is 11.3 Å². The van der Waals surface area contributed by atoms with E-state index in [1.165, 1.54) is 10.8 Å². The quantitative estimate of drug-likeness (QED) is 0.494. The summed E-state index contributed by atoms with van der Waals surface area (Å²) < 4.78 is 7.12. The van der Waals surface area contributed by atoms with Gasteiger partial charge in [-0.1, -0.05) is 6.07 Å². The van der Waals surface area contributed by atoms with E-state index < -0.39 is 5.91 Å². The van der Waals surface area contributed by atoms with Gasteiger partial charge in [-0.25, -0.2) is 4.98 Å². The fourth-order valence-electron chi connectivity index (χ4n) is 2.47. The van der Waals surface area contributed by atoms with Crippen LogP contribution in [0.3, 0.4) is 0 Å². The minimum Gasteiger partial charge on any atom is -0.383 e. The summed E-state index contributed by atoms with van der Waals surface area (Å²) in [7, 11) is 1.63. The highest BCUT2D eigenvalue weighted by atomic mass is 32.1. The van der Waals surface area contributed by atoms with Crippen molar-refractivity contribution in [3.63, 3.8) is 0 Å². The average Bonchev–Trinajstić information content (AvgIpc) is 3.03. The van der Waals surface area contributed by atoms with Crippen LogP contribution in [0.1, 0.15) is 13.8 Å². The Morgan fingerprint density at radius 1 is 1.38 bits per heavy atom. The van der Waals surface area contributed by atoms with Crippen LogP contribution in [-0.2, 0) is 16.1 Å². The van der Waals surface area contributed by atoms with Gasteiger partial charge in [0.15, 0.2) is 5.57 Å². The first-order valence-electron chi connectivity index (χ1n) is 9.14. The van der Waals surface area contributed by atoms with Crippen LogP contribution >= 0.6 is 11.3 Å². The number of nitrogens with zero attached hydrogens (tertiary/aromatic N) is 3. The van der Waals surface area contributed by atoms with E-state index in [4.69, 9.17) is 4.74 Å². The predicted molar refractivity (Wildman–Crippen MR) is 114 cm³/mol. The van der Waals surface area contributed by atoms with E-state index >= 15 is 0 Å². The highest BCUT2D eigenvalue weighted by molar-refractivity contribution is 7.07. The lowest BCUT2D eigenvalue weighted by atomic mass is 10.3. The van der Waals surface area contributed by atoms with E-state index in [2.05, 4.69) is 20.9 Å². The molecule has 0 aromatic carbocycles. The molecule has 9 nitrogen and oxygen atoms in total. The molecule has 0 fully saturated rings. The molecule has 0 unspecified atom stereocenters. The molecule has 2 aromatic rings. The standard InChI is InChI=1S/C19H24N6O3S/c1-4-21-17(26)13(11-20)19-25(5-2)18(27)14(29-19)12-23-16-8-6-7-15(24-16)22-9-10-28-3/h6-8,12H,4-5,9-10H2,1-3H3,(H,21,26)(H2,22,23,24). The first-order chi connectivity index (χ1) is 14.0. The number of methoxy groups -OCH3 is 1. The van der Waals surface area contributed by atoms with Gasteiger partial charge in [-0.3, -0.25) is 14.2 Å². The van der Waals surface area contributed by atoms with Gasteiger partial charge >= 0.3 is 0 Å². The number of nitriles is 1. The monoisotopic (exact) mass is 416 g/mol. The van der Waals surface area contributed by atoms with E-state index in [-0.39, 0.29) is 11.1 Å². The number of thiazole rings is 1. The highest BCUT2D eigenvalue weighted by Crippen LogP contribution is 2.08. The Labute approximate surface area is 172 Å². The molecule has 2 aromatic heterocycles. The lowest BCUT2D eigenvalue weighted by Crippen LogP contribution is -2.34. The Bertz CT molecular complexity index is 1070. The topological polar surface area (TPSA) is 121 Å². The maximum absolute atomic E-state index is 12.7. The maximum Gasteiger partial charge on any atom is 0.270 e. The number of carbonyl (C=O) groups is 1. The summed E-state index contributed by atoms with van der Waals surface area (Å²) >= 11 is 1.09. The molecule has 0 saturated carbocycles. The zero-order chi connectivity index (χ0) is 21.2. The Hall–Kier alpha value is -3.16. The molecule has 0 aliphatic rings. The molecule has 2 heterocycles. The molecular formula is C19H24N6O3S. The van der Waals surface area contributed by atoms with Gasteiger partial charge in [0, 0.05) is 32.9 Å². The van der Waals surface area contributed by atoms with Gasteiger partial charge in [-0.15, -0.1) is 11.3 Å². The number of hydrogen-bond donors (Lipinski definition) is 3. The smallest absolute Gasteiger partial charge is 0.270 e. The number of carbonyl (C=O) groups excluding carboxylic acids is 1. The molecule has 0 radical (unpaired) electrons. The van der Waals surface area contributed by atoms with Gasteiger partial charge in [0.1, 0.15) is 26.9 Å². The van der Waals surface area contributed by atoms with Gasteiger partial charge in [-0.2, -0.15) is 5.26 Å². The Balaban J connectivity index is 2.39. The van der Waals surface area contributed by atoms with Crippen molar-refractivity contribution in [1.82, 2.24) is 14.9 Å². The third-order valence-corrected chi connectivity index (χ3v) is 4.96. The molecule has 0 aliphatic heterocycles. The SMILES string of the molecule is CCNC(=O)C(C#N)=c1sc(=CNc2cccc(NCCOC)n2)c(=O)n1CC. The summed E-state index contributed by atoms with van der Waals surface area (Å²) in [4.78, 5) is 29.3. The van der Waals surface area contributed by atoms with Gasteiger partial charge in [-0.05, 0) is 26.0 Å². The van der Waals surface area contributed by atoms with E-state index in [0.29, 0.717) is 47.1 Å². The Morgan fingerprint density at radius 3 is 2.79 bits per heavy atom. The molecule has 0 aliphatic carbocycles. The predicted octanol–water partition coefficient (Wildman–Crippen LogP) is 0.0435.